The Balaban J connectivity index is 2.03. The maximum atomic E-state index is 10.3. The SMILES string of the molecule is CN(C)c1ccccc1NCC1(O)CCCC1. The van der Waals surface area contributed by atoms with Crippen LogP contribution in [0, 0.1) is 0 Å². The number of nitrogens with zero attached hydrogens (tertiary/aromatic N) is 1. The van der Waals surface area contributed by atoms with Gasteiger partial charge < -0.3 is 15.3 Å². The average Bonchev–Trinajstić information content (AvgIpc) is 2.74. The first-order valence-electron chi connectivity index (χ1n) is 6.33. The summed E-state index contributed by atoms with van der Waals surface area (Å²) in [5, 5.41) is 13.7. The third kappa shape index (κ3) is 2.91. The number of aliphatic hydroxyl groups is 1. The molecule has 0 atom stereocenters. The maximum absolute atomic E-state index is 10.3. The lowest BCUT2D eigenvalue weighted by Gasteiger charge is -2.25. The molecule has 0 aromatic heterocycles. The van der Waals surface area contributed by atoms with E-state index in [2.05, 4.69) is 22.3 Å². The van der Waals surface area contributed by atoms with Gasteiger partial charge in [-0.25, -0.2) is 0 Å². The second-order valence-corrected chi connectivity index (χ2v) is 5.20. The van der Waals surface area contributed by atoms with Crippen molar-refractivity contribution >= 4 is 11.4 Å². The molecule has 0 radical (unpaired) electrons. The molecular formula is C14H22N2O. The molecule has 1 aliphatic rings. The van der Waals surface area contributed by atoms with Crippen LogP contribution in [-0.4, -0.2) is 31.3 Å². The van der Waals surface area contributed by atoms with E-state index in [0.717, 1.165) is 37.1 Å². The molecule has 0 saturated heterocycles. The summed E-state index contributed by atoms with van der Waals surface area (Å²) in [5.41, 5.74) is 1.76. The zero-order valence-corrected chi connectivity index (χ0v) is 10.7. The van der Waals surface area contributed by atoms with Crippen LogP contribution in [-0.2, 0) is 0 Å². The van der Waals surface area contributed by atoms with Gasteiger partial charge in [0.2, 0.25) is 0 Å². The minimum Gasteiger partial charge on any atom is -0.388 e. The highest BCUT2D eigenvalue weighted by atomic mass is 16.3. The summed E-state index contributed by atoms with van der Waals surface area (Å²) in [4.78, 5) is 2.08. The van der Waals surface area contributed by atoms with Crippen molar-refractivity contribution in [1.29, 1.82) is 0 Å². The van der Waals surface area contributed by atoms with Crippen LogP contribution in [0.15, 0.2) is 24.3 Å². The monoisotopic (exact) mass is 234 g/mol. The Morgan fingerprint density at radius 1 is 1.24 bits per heavy atom. The van der Waals surface area contributed by atoms with Crippen molar-refractivity contribution in [3.05, 3.63) is 24.3 Å². The summed E-state index contributed by atoms with van der Waals surface area (Å²) in [7, 11) is 4.07. The summed E-state index contributed by atoms with van der Waals surface area (Å²) < 4.78 is 0. The second-order valence-electron chi connectivity index (χ2n) is 5.20. The molecule has 94 valence electrons. The predicted octanol–water partition coefficient (Wildman–Crippen LogP) is 2.47. The Kier molecular flexibility index (Phi) is 3.57. The molecule has 2 N–H and O–H groups in total. The van der Waals surface area contributed by atoms with Gasteiger partial charge in [-0.05, 0) is 25.0 Å². The fraction of sp³-hybridized carbons (Fsp3) is 0.571. The Morgan fingerprint density at radius 2 is 1.88 bits per heavy atom. The van der Waals surface area contributed by atoms with Crippen LogP contribution in [0.3, 0.4) is 0 Å². The zero-order chi connectivity index (χ0) is 12.3. The van der Waals surface area contributed by atoms with E-state index in [1.54, 1.807) is 0 Å². The largest absolute Gasteiger partial charge is 0.388 e. The van der Waals surface area contributed by atoms with Crippen LogP contribution in [0.1, 0.15) is 25.7 Å². The third-order valence-corrected chi connectivity index (χ3v) is 3.53. The van der Waals surface area contributed by atoms with Crippen molar-refractivity contribution in [3.63, 3.8) is 0 Å². The predicted molar refractivity (Wildman–Crippen MR) is 72.7 cm³/mol. The van der Waals surface area contributed by atoms with Gasteiger partial charge in [-0.2, -0.15) is 0 Å². The van der Waals surface area contributed by atoms with Crippen LogP contribution in [0.25, 0.3) is 0 Å². The van der Waals surface area contributed by atoms with E-state index in [1.807, 2.05) is 26.2 Å². The van der Waals surface area contributed by atoms with Crippen molar-refractivity contribution in [1.82, 2.24) is 0 Å². The number of para-hydroxylation sites is 2. The highest BCUT2D eigenvalue weighted by Crippen LogP contribution is 2.31. The molecule has 1 fully saturated rings. The molecule has 3 heteroatoms. The van der Waals surface area contributed by atoms with Gasteiger partial charge in [0.15, 0.2) is 0 Å². The summed E-state index contributed by atoms with van der Waals surface area (Å²) in [6, 6.07) is 8.20. The van der Waals surface area contributed by atoms with Gasteiger partial charge in [-0.3, -0.25) is 0 Å². The van der Waals surface area contributed by atoms with Gasteiger partial charge in [0.1, 0.15) is 0 Å². The number of nitrogens with one attached hydrogen (secondary N) is 1. The standard InChI is InChI=1S/C14H22N2O/c1-16(2)13-8-4-3-7-12(13)15-11-14(17)9-5-6-10-14/h3-4,7-8,15,17H,5-6,9-11H2,1-2H3. The average molecular weight is 234 g/mol. The molecule has 1 aromatic carbocycles. The van der Waals surface area contributed by atoms with Gasteiger partial charge in [0, 0.05) is 20.6 Å². The lowest BCUT2D eigenvalue weighted by molar-refractivity contribution is 0.0615. The summed E-state index contributed by atoms with van der Waals surface area (Å²) in [5.74, 6) is 0. The third-order valence-electron chi connectivity index (χ3n) is 3.53. The molecule has 0 heterocycles. The van der Waals surface area contributed by atoms with Crippen LogP contribution in [0.4, 0.5) is 11.4 Å². The fourth-order valence-electron chi connectivity index (χ4n) is 2.48. The number of rotatable bonds is 4. The second kappa shape index (κ2) is 4.96. The van der Waals surface area contributed by atoms with Crippen LogP contribution < -0.4 is 10.2 Å². The highest BCUT2D eigenvalue weighted by molar-refractivity contribution is 5.69. The highest BCUT2D eigenvalue weighted by Gasteiger charge is 2.30. The molecule has 0 spiro atoms. The molecule has 3 nitrogen and oxygen atoms in total. The molecule has 2 rings (SSSR count). The van der Waals surface area contributed by atoms with Gasteiger partial charge in [-0.1, -0.05) is 25.0 Å². The molecule has 0 aliphatic heterocycles. The molecule has 0 amide bonds. The van der Waals surface area contributed by atoms with Crippen LogP contribution in [0.5, 0.6) is 0 Å². The van der Waals surface area contributed by atoms with Gasteiger partial charge in [-0.15, -0.1) is 0 Å². The van der Waals surface area contributed by atoms with E-state index < -0.39 is 5.60 Å². The van der Waals surface area contributed by atoms with Crippen molar-refractivity contribution in [3.8, 4) is 0 Å². The van der Waals surface area contributed by atoms with Crippen LogP contribution in [0.2, 0.25) is 0 Å². The molecule has 0 bridgehead atoms. The zero-order valence-electron chi connectivity index (χ0n) is 10.7. The molecule has 17 heavy (non-hydrogen) atoms. The Morgan fingerprint density at radius 3 is 2.53 bits per heavy atom. The molecule has 1 aromatic rings. The molecule has 1 aliphatic carbocycles. The van der Waals surface area contributed by atoms with Crippen molar-refractivity contribution in [2.75, 3.05) is 30.9 Å². The number of hydrogen-bond donors (Lipinski definition) is 2. The Labute approximate surface area is 103 Å². The minimum absolute atomic E-state index is 0.501. The first kappa shape index (κ1) is 12.2. The molecular weight excluding hydrogens is 212 g/mol. The Bertz CT molecular complexity index is 370. The minimum atomic E-state index is -0.501. The summed E-state index contributed by atoms with van der Waals surface area (Å²) >= 11 is 0. The number of hydrogen-bond acceptors (Lipinski definition) is 3. The smallest absolute Gasteiger partial charge is 0.0819 e. The van der Waals surface area contributed by atoms with E-state index in [1.165, 1.54) is 0 Å². The van der Waals surface area contributed by atoms with E-state index in [4.69, 9.17) is 0 Å². The quantitative estimate of drug-likeness (QED) is 0.840. The summed E-state index contributed by atoms with van der Waals surface area (Å²) in [6.45, 7) is 0.651. The van der Waals surface area contributed by atoms with E-state index in [-0.39, 0.29) is 0 Å². The molecule has 1 saturated carbocycles. The van der Waals surface area contributed by atoms with Crippen molar-refractivity contribution in [2.45, 2.75) is 31.3 Å². The first-order valence-corrected chi connectivity index (χ1v) is 6.33. The molecule has 0 unspecified atom stereocenters. The van der Waals surface area contributed by atoms with E-state index in [9.17, 15) is 5.11 Å². The van der Waals surface area contributed by atoms with Gasteiger partial charge in [0.05, 0.1) is 17.0 Å². The van der Waals surface area contributed by atoms with Crippen molar-refractivity contribution in [2.24, 2.45) is 0 Å². The van der Waals surface area contributed by atoms with E-state index in [0.29, 0.717) is 6.54 Å². The topological polar surface area (TPSA) is 35.5 Å². The first-order chi connectivity index (χ1) is 8.11. The fourth-order valence-corrected chi connectivity index (χ4v) is 2.48. The number of benzene rings is 1. The summed E-state index contributed by atoms with van der Waals surface area (Å²) in [6.07, 6.45) is 4.13. The normalized spacial score (nSPS) is 18.1. The number of anilines is 2. The van der Waals surface area contributed by atoms with Gasteiger partial charge in [0.25, 0.3) is 0 Å². The van der Waals surface area contributed by atoms with Crippen LogP contribution >= 0.6 is 0 Å². The lowest BCUT2D eigenvalue weighted by Crippen LogP contribution is -2.33. The van der Waals surface area contributed by atoms with Crippen molar-refractivity contribution < 1.29 is 5.11 Å². The lowest BCUT2D eigenvalue weighted by atomic mass is 10.0. The van der Waals surface area contributed by atoms with Gasteiger partial charge >= 0.3 is 0 Å². The maximum Gasteiger partial charge on any atom is 0.0819 e. The Hall–Kier alpha value is -1.22. The van der Waals surface area contributed by atoms with E-state index >= 15 is 0 Å².